The average Bonchev–Trinajstić information content (AvgIpc) is 3.42. The van der Waals surface area contributed by atoms with Crippen LogP contribution in [0.2, 0.25) is 0 Å². The van der Waals surface area contributed by atoms with Crippen LogP contribution in [0.5, 0.6) is 0 Å². The van der Waals surface area contributed by atoms with Crippen molar-refractivity contribution in [3.8, 4) is 5.69 Å². The van der Waals surface area contributed by atoms with Crippen LogP contribution in [0.25, 0.3) is 5.69 Å². The summed E-state index contributed by atoms with van der Waals surface area (Å²) in [5.41, 5.74) is 7.15. The van der Waals surface area contributed by atoms with Crippen molar-refractivity contribution in [3.05, 3.63) is 29.1 Å². The summed E-state index contributed by atoms with van der Waals surface area (Å²) in [5, 5.41) is 3.45. The second kappa shape index (κ2) is 5.59. The molecule has 0 bridgehead atoms. The number of nitrogens with two attached hydrogens (primary N) is 1. The maximum absolute atomic E-state index is 12.9. The van der Waals surface area contributed by atoms with Crippen molar-refractivity contribution < 1.29 is 21.6 Å². The molecule has 0 saturated heterocycles. The Kier molecular flexibility index (Phi) is 3.78. The topological polar surface area (TPSA) is 90.9 Å². The van der Waals surface area contributed by atoms with E-state index in [0.717, 1.165) is 35.9 Å². The molecule has 4 rings (SSSR count). The lowest BCUT2D eigenvalue weighted by atomic mass is 10.0. The Morgan fingerprint density at radius 1 is 1.12 bits per heavy atom. The molecule has 2 aliphatic carbocycles. The molecule has 0 atom stereocenters. The van der Waals surface area contributed by atoms with Gasteiger partial charge in [0.05, 0.1) is 10.6 Å². The van der Waals surface area contributed by atoms with Gasteiger partial charge in [-0.3, -0.25) is 0 Å². The Hall–Kier alpha value is -1.81. The molecule has 2 N–H and O–H groups in total. The normalized spacial score (nSPS) is 18.3. The third kappa shape index (κ3) is 3.16. The number of nitrogens with zero attached hydrogens (tertiary/aromatic N) is 3. The second-order valence-corrected chi connectivity index (χ2v) is 9.17. The summed E-state index contributed by atoms with van der Waals surface area (Å²) in [7, 11) is 1.50. The Labute approximate surface area is 151 Å². The number of alkyl halides is 3. The molecule has 2 fully saturated rings. The standard InChI is InChI=1S/C15H14ClF3N4O2S/c16-26(24,25)12-6-11(23-14(20)21-13(22-23)15(17,18)19)9(7-1-2-7)5-10(12)8-3-4-8/h5-8H,1-4H2,(H2,20,21,22). The van der Waals surface area contributed by atoms with E-state index < -0.39 is 27.0 Å². The maximum atomic E-state index is 12.9. The van der Waals surface area contributed by atoms with Gasteiger partial charge in [0.1, 0.15) is 0 Å². The van der Waals surface area contributed by atoms with Gasteiger partial charge >= 0.3 is 6.18 Å². The number of aromatic nitrogens is 3. The SMILES string of the molecule is Nc1nc(C(F)(F)F)nn1-c1cc(S(=O)(=O)Cl)c(C2CC2)cc1C1CC1. The molecule has 0 unspecified atom stereocenters. The van der Waals surface area contributed by atoms with E-state index in [2.05, 4.69) is 10.1 Å². The van der Waals surface area contributed by atoms with Gasteiger partial charge in [-0.05, 0) is 54.7 Å². The first-order valence-electron chi connectivity index (χ1n) is 7.98. The highest BCUT2D eigenvalue weighted by Gasteiger charge is 2.39. The molecule has 0 amide bonds. The Morgan fingerprint density at radius 2 is 1.69 bits per heavy atom. The molecule has 26 heavy (non-hydrogen) atoms. The fourth-order valence-electron chi connectivity index (χ4n) is 3.05. The smallest absolute Gasteiger partial charge is 0.368 e. The maximum Gasteiger partial charge on any atom is 0.453 e. The van der Waals surface area contributed by atoms with Crippen LogP contribution in [-0.4, -0.2) is 23.2 Å². The lowest BCUT2D eigenvalue weighted by Crippen LogP contribution is -2.11. The molecule has 11 heteroatoms. The van der Waals surface area contributed by atoms with Gasteiger partial charge in [-0.25, -0.2) is 8.42 Å². The van der Waals surface area contributed by atoms with E-state index >= 15 is 0 Å². The minimum absolute atomic E-state index is 0.101. The zero-order chi connectivity index (χ0) is 18.9. The van der Waals surface area contributed by atoms with Crippen molar-refractivity contribution in [2.45, 2.75) is 48.6 Å². The molecule has 6 nitrogen and oxygen atoms in total. The van der Waals surface area contributed by atoms with E-state index in [1.807, 2.05) is 0 Å². The first-order valence-corrected chi connectivity index (χ1v) is 10.3. The summed E-state index contributed by atoms with van der Waals surface area (Å²) >= 11 is 0. The van der Waals surface area contributed by atoms with Gasteiger partial charge in [-0.1, -0.05) is 6.07 Å². The van der Waals surface area contributed by atoms with Crippen LogP contribution in [0, 0.1) is 0 Å². The van der Waals surface area contributed by atoms with E-state index in [1.54, 1.807) is 6.07 Å². The van der Waals surface area contributed by atoms with Crippen LogP contribution in [0.3, 0.4) is 0 Å². The predicted octanol–water partition coefficient (Wildman–Crippen LogP) is 3.55. The quantitative estimate of drug-likeness (QED) is 0.784. The summed E-state index contributed by atoms with van der Waals surface area (Å²) in [6.45, 7) is 0. The van der Waals surface area contributed by atoms with E-state index in [9.17, 15) is 21.6 Å². The van der Waals surface area contributed by atoms with Crippen LogP contribution in [0.15, 0.2) is 17.0 Å². The average molecular weight is 407 g/mol. The number of halogens is 4. The Morgan fingerprint density at radius 3 is 2.15 bits per heavy atom. The van der Waals surface area contributed by atoms with Gasteiger partial charge in [0.2, 0.25) is 5.95 Å². The highest BCUT2D eigenvalue weighted by molar-refractivity contribution is 8.13. The fraction of sp³-hybridized carbons (Fsp3) is 0.467. The molecule has 2 aliphatic rings. The molecule has 1 aromatic carbocycles. The minimum atomic E-state index is -4.76. The number of nitrogen functional groups attached to an aromatic ring is 1. The molecule has 140 valence electrons. The summed E-state index contributed by atoms with van der Waals surface area (Å²) < 4.78 is 63.6. The van der Waals surface area contributed by atoms with Crippen LogP contribution in [0.4, 0.5) is 19.1 Å². The molecule has 0 aliphatic heterocycles. The van der Waals surface area contributed by atoms with Crippen molar-refractivity contribution >= 4 is 25.7 Å². The van der Waals surface area contributed by atoms with E-state index in [0.29, 0.717) is 5.56 Å². The third-order valence-corrected chi connectivity index (χ3v) is 5.95. The highest BCUT2D eigenvalue weighted by atomic mass is 35.7. The molecular formula is C15H14ClF3N4O2S. The highest BCUT2D eigenvalue weighted by Crippen LogP contribution is 2.49. The fourth-order valence-corrected chi connectivity index (χ4v) is 4.21. The van der Waals surface area contributed by atoms with E-state index in [4.69, 9.17) is 16.4 Å². The second-order valence-electron chi connectivity index (χ2n) is 6.64. The number of rotatable bonds is 4. The van der Waals surface area contributed by atoms with Gasteiger partial charge in [0.15, 0.2) is 0 Å². The van der Waals surface area contributed by atoms with Crippen molar-refractivity contribution in [1.29, 1.82) is 0 Å². The van der Waals surface area contributed by atoms with E-state index in [-0.39, 0.29) is 22.4 Å². The van der Waals surface area contributed by atoms with Crippen LogP contribution < -0.4 is 5.73 Å². The van der Waals surface area contributed by atoms with Crippen molar-refractivity contribution in [1.82, 2.24) is 14.8 Å². The summed E-state index contributed by atoms with van der Waals surface area (Å²) in [5.74, 6) is -1.61. The lowest BCUT2D eigenvalue weighted by molar-refractivity contribution is -0.144. The van der Waals surface area contributed by atoms with Crippen molar-refractivity contribution in [2.24, 2.45) is 0 Å². The third-order valence-electron chi connectivity index (χ3n) is 4.57. The van der Waals surface area contributed by atoms with Gasteiger partial charge in [-0.15, -0.1) is 5.10 Å². The molecule has 1 aromatic heterocycles. The number of hydrogen-bond acceptors (Lipinski definition) is 5. The van der Waals surface area contributed by atoms with Crippen LogP contribution in [0.1, 0.15) is 54.5 Å². The first kappa shape index (κ1) is 17.6. The largest absolute Gasteiger partial charge is 0.453 e. The lowest BCUT2D eigenvalue weighted by Gasteiger charge is -2.15. The van der Waals surface area contributed by atoms with Gasteiger partial charge < -0.3 is 5.73 Å². The predicted molar refractivity (Wildman–Crippen MR) is 87.8 cm³/mol. The number of anilines is 1. The minimum Gasteiger partial charge on any atom is -0.368 e. The molecule has 2 saturated carbocycles. The Balaban J connectivity index is 1.95. The molecule has 1 heterocycles. The van der Waals surface area contributed by atoms with Gasteiger partial charge in [-0.2, -0.15) is 22.8 Å². The summed E-state index contributed by atoms with van der Waals surface area (Å²) in [6, 6.07) is 3.00. The van der Waals surface area contributed by atoms with Crippen molar-refractivity contribution in [2.75, 3.05) is 5.73 Å². The summed E-state index contributed by atoms with van der Waals surface area (Å²) in [4.78, 5) is 3.16. The Bertz CT molecular complexity index is 995. The van der Waals surface area contributed by atoms with Crippen LogP contribution >= 0.6 is 10.7 Å². The monoisotopic (exact) mass is 406 g/mol. The molecule has 2 aromatic rings. The first-order chi connectivity index (χ1) is 12.1. The van der Waals surface area contributed by atoms with Crippen LogP contribution in [-0.2, 0) is 15.2 Å². The van der Waals surface area contributed by atoms with Gasteiger partial charge in [0.25, 0.3) is 14.9 Å². The number of benzene rings is 1. The van der Waals surface area contributed by atoms with Crippen molar-refractivity contribution in [3.63, 3.8) is 0 Å². The zero-order valence-corrected chi connectivity index (χ0v) is 14.9. The van der Waals surface area contributed by atoms with Gasteiger partial charge in [0, 0.05) is 10.7 Å². The molecule has 0 spiro atoms. The van der Waals surface area contributed by atoms with E-state index in [1.165, 1.54) is 6.07 Å². The zero-order valence-electron chi connectivity index (χ0n) is 13.3. The molecular weight excluding hydrogens is 393 g/mol. The molecule has 0 radical (unpaired) electrons. The summed E-state index contributed by atoms with van der Waals surface area (Å²) in [6.07, 6.45) is -1.32. The number of hydrogen-bond donors (Lipinski definition) is 1.